The SMILES string of the molecule is CCC(O)CN1C(C)CNCC1C. The number of rotatable bonds is 3. The van der Waals surface area contributed by atoms with Crippen molar-refractivity contribution >= 4 is 0 Å². The molecule has 0 radical (unpaired) electrons. The highest BCUT2D eigenvalue weighted by Gasteiger charge is 2.25. The predicted octanol–water partition coefficient (Wildman–Crippen LogP) is 0.439. The van der Waals surface area contributed by atoms with Crippen LogP contribution in [0.4, 0.5) is 0 Å². The number of aliphatic hydroxyl groups excluding tert-OH is 1. The summed E-state index contributed by atoms with van der Waals surface area (Å²) in [5.74, 6) is 0. The second-order valence-electron chi connectivity index (χ2n) is 4.12. The molecular weight excluding hydrogens is 164 g/mol. The van der Waals surface area contributed by atoms with Crippen LogP contribution in [0, 0.1) is 0 Å². The molecule has 2 N–H and O–H groups in total. The van der Waals surface area contributed by atoms with E-state index < -0.39 is 0 Å². The van der Waals surface area contributed by atoms with Crippen molar-refractivity contribution in [3.8, 4) is 0 Å². The van der Waals surface area contributed by atoms with Gasteiger partial charge in [-0.05, 0) is 20.3 Å². The van der Waals surface area contributed by atoms with Crippen molar-refractivity contribution in [3.05, 3.63) is 0 Å². The van der Waals surface area contributed by atoms with Crippen LogP contribution in [-0.4, -0.2) is 47.8 Å². The van der Waals surface area contributed by atoms with Gasteiger partial charge in [0.05, 0.1) is 6.10 Å². The van der Waals surface area contributed by atoms with E-state index in [-0.39, 0.29) is 6.10 Å². The molecule has 3 atom stereocenters. The Morgan fingerprint density at radius 2 is 1.92 bits per heavy atom. The van der Waals surface area contributed by atoms with Gasteiger partial charge in [-0.25, -0.2) is 0 Å². The Kier molecular flexibility index (Phi) is 4.16. The lowest BCUT2D eigenvalue weighted by Gasteiger charge is -2.40. The molecule has 0 spiro atoms. The molecule has 0 saturated carbocycles. The number of nitrogens with one attached hydrogen (secondary N) is 1. The molecule has 0 aromatic heterocycles. The minimum atomic E-state index is -0.164. The second-order valence-corrected chi connectivity index (χ2v) is 4.12. The van der Waals surface area contributed by atoms with Gasteiger partial charge in [-0.15, -0.1) is 0 Å². The van der Waals surface area contributed by atoms with Crippen molar-refractivity contribution in [3.63, 3.8) is 0 Å². The minimum Gasteiger partial charge on any atom is -0.392 e. The Labute approximate surface area is 81.1 Å². The summed E-state index contributed by atoms with van der Waals surface area (Å²) in [6, 6.07) is 1.09. The van der Waals surface area contributed by atoms with Crippen LogP contribution < -0.4 is 5.32 Å². The van der Waals surface area contributed by atoms with Crippen LogP contribution >= 0.6 is 0 Å². The van der Waals surface area contributed by atoms with Crippen LogP contribution in [0.2, 0.25) is 0 Å². The van der Waals surface area contributed by atoms with Crippen molar-refractivity contribution in [1.82, 2.24) is 10.2 Å². The van der Waals surface area contributed by atoms with Crippen LogP contribution in [0.5, 0.6) is 0 Å². The molecular formula is C10H22N2O. The number of nitrogens with zero attached hydrogens (tertiary/aromatic N) is 1. The molecule has 13 heavy (non-hydrogen) atoms. The Morgan fingerprint density at radius 1 is 1.38 bits per heavy atom. The summed E-state index contributed by atoms with van der Waals surface area (Å²) in [4.78, 5) is 2.39. The third-order valence-electron chi connectivity index (χ3n) is 2.90. The second kappa shape index (κ2) is 4.94. The van der Waals surface area contributed by atoms with E-state index in [1.807, 2.05) is 6.92 Å². The summed E-state index contributed by atoms with van der Waals surface area (Å²) >= 11 is 0. The van der Waals surface area contributed by atoms with Gasteiger partial charge >= 0.3 is 0 Å². The Bertz CT molecular complexity index is 142. The zero-order valence-electron chi connectivity index (χ0n) is 8.95. The zero-order chi connectivity index (χ0) is 9.84. The molecule has 0 bridgehead atoms. The topological polar surface area (TPSA) is 35.5 Å². The highest BCUT2D eigenvalue weighted by Crippen LogP contribution is 2.10. The fourth-order valence-corrected chi connectivity index (χ4v) is 1.90. The van der Waals surface area contributed by atoms with Crippen LogP contribution in [0.1, 0.15) is 27.2 Å². The normalized spacial score (nSPS) is 33.2. The van der Waals surface area contributed by atoms with E-state index >= 15 is 0 Å². The molecule has 78 valence electrons. The third-order valence-corrected chi connectivity index (χ3v) is 2.90. The van der Waals surface area contributed by atoms with Crippen LogP contribution in [0.3, 0.4) is 0 Å². The Balaban J connectivity index is 2.43. The first-order valence-corrected chi connectivity index (χ1v) is 5.29. The summed E-state index contributed by atoms with van der Waals surface area (Å²) in [5.41, 5.74) is 0. The predicted molar refractivity (Wildman–Crippen MR) is 54.8 cm³/mol. The quantitative estimate of drug-likeness (QED) is 0.671. The molecule has 1 fully saturated rings. The number of hydrogen-bond acceptors (Lipinski definition) is 3. The molecule has 3 heteroatoms. The Hall–Kier alpha value is -0.120. The van der Waals surface area contributed by atoms with Crippen LogP contribution in [0.25, 0.3) is 0 Å². The van der Waals surface area contributed by atoms with Gasteiger partial charge in [-0.1, -0.05) is 6.92 Å². The Morgan fingerprint density at radius 3 is 2.38 bits per heavy atom. The average Bonchev–Trinajstić information content (AvgIpc) is 2.11. The molecule has 3 unspecified atom stereocenters. The van der Waals surface area contributed by atoms with Gasteiger partial charge in [0.25, 0.3) is 0 Å². The lowest BCUT2D eigenvalue weighted by molar-refractivity contribution is 0.0480. The first-order chi connectivity index (χ1) is 6.15. The lowest BCUT2D eigenvalue weighted by Crippen LogP contribution is -2.56. The average molecular weight is 186 g/mol. The summed E-state index contributed by atoms with van der Waals surface area (Å²) < 4.78 is 0. The molecule has 0 amide bonds. The van der Waals surface area contributed by atoms with Crippen molar-refractivity contribution < 1.29 is 5.11 Å². The molecule has 1 rings (SSSR count). The maximum absolute atomic E-state index is 9.58. The van der Waals surface area contributed by atoms with Gasteiger partial charge in [0.2, 0.25) is 0 Å². The molecule has 1 heterocycles. The molecule has 1 aliphatic heterocycles. The van der Waals surface area contributed by atoms with Gasteiger partial charge in [0.15, 0.2) is 0 Å². The molecule has 1 aliphatic rings. The molecule has 3 nitrogen and oxygen atoms in total. The smallest absolute Gasteiger partial charge is 0.0664 e. The van der Waals surface area contributed by atoms with Gasteiger partial charge in [-0.2, -0.15) is 0 Å². The summed E-state index contributed by atoms with van der Waals surface area (Å²) in [6.45, 7) is 9.36. The van der Waals surface area contributed by atoms with E-state index in [4.69, 9.17) is 0 Å². The van der Waals surface area contributed by atoms with Crippen molar-refractivity contribution in [2.45, 2.75) is 45.4 Å². The number of aliphatic hydroxyl groups is 1. The molecule has 0 aliphatic carbocycles. The van der Waals surface area contributed by atoms with Crippen molar-refractivity contribution in [2.24, 2.45) is 0 Å². The monoisotopic (exact) mass is 186 g/mol. The van der Waals surface area contributed by atoms with E-state index in [1.165, 1.54) is 0 Å². The number of hydrogen-bond donors (Lipinski definition) is 2. The fourth-order valence-electron chi connectivity index (χ4n) is 1.90. The maximum Gasteiger partial charge on any atom is 0.0664 e. The first-order valence-electron chi connectivity index (χ1n) is 5.29. The lowest BCUT2D eigenvalue weighted by atomic mass is 10.1. The van der Waals surface area contributed by atoms with E-state index in [0.717, 1.165) is 26.1 Å². The van der Waals surface area contributed by atoms with Gasteiger partial charge in [-0.3, -0.25) is 4.90 Å². The van der Waals surface area contributed by atoms with Crippen LogP contribution in [0.15, 0.2) is 0 Å². The number of piperazine rings is 1. The highest BCUT2D eigenvalue weighted by atomic mass is 16.3. The minimum absolute atomic E-state index is 0.164. The zero-order valence-corrected chi connectivity index (χ0v) is 8.95. The van der Waals surface area contributed by atoms with Crippen molar-refractivity contribution in [2.75, 3.05) is 19.6 Å². The van der Waals surface area contributed by atoms with Gasteiger partial charge in [0.1, 0.15) is 0 Å². The summed E-state index contributed by atoms with van der Waals surface area (Å²) in [6.07, 6.45) is 0.687. The van der Waals surface area contributed by atoms with E-state index in [2.05, 4.69) is 24.1 Å². The molecule has 0 aromatic rings. The standard InChI is InChI=1S/C10H22N2O/c1-4-10(13)7-12-8(2)5-11-6-9(12)3/h8-11,13H,4-7H2,1-3H3. The first kappa shape index (κ1) is 11.0. The van der Waals surface area contributed by atoms with Crippen LogP contribution in [-0.2, 0) is 0 Å². The van der Waals surface area contributed by atoms with E-state index in [0.29, 0.717) is 12.1 Å². The largest absolute Gasteiger partial charge is 0.392 e. The van der Waals surface area contributed by atoms with Crippen molar-refractivity contribution in [1.29, 1.82) is 0 Å². The fraction of sp³-hybridized carbons (Fsp3) is 1.00. The molecule has 0 aromatic carbocycles. The third kappa shape index (κ3) is 2.93. The molecule has 1 saturated heterocycles. The maximum atomic E-state index is 9.58. The van der Waals surface area contributed by atoms with E-state index in [1.54, 1.807) is 0 Å². The van der Waals surface area contributed by atoms with Gasteiger partial charge < -0.3 is 10.4 Å². The summed E-state index contributed by atoms with van der Waals surface area (Å²) in [5, 5.41) is 13.0. The van der Waals surface area contributed by atoms with E-state index in [9.17, 15) is 5.11 Å². The summed E-state index contributed by atoms with van der Waals surface area (Å²) in [7, 11) is 0. The highest BCUT2D eigenvalue weighted by molar-refractivity contribution is 4.83. The van der Waals surface area contributed by atoms with Gasteiger partial charge in [0, 0.05) is 31.7 Å². The number of β-amino-alcohol motifs (C(OH)–C–C–N with tert-alkyl or cyclic N) is 1.